The fourth-order valence-electron chi connectivity index (χ4n) is 7.34. The van der Waals surface area contributed by atoms with E-state index in [2.05, 4.69) is 41.4 Å². The van der Waals surface area contributed by atoms with E-state index in [0.717, 1.165) is 48.6 Å². The minimum absolute atomic E-state index is 0. The van der Waals surface area contributed by atoms with E-state index in [4.69, 9.17) is 0 Å². The highest BCUT2D eigenvalue weighted by Crippen LogP contribution is 2.59. The molecule has 0 unspecified atom stereocenters. The quantitative estimate of drug-likeness (QED) is 0.427. The van der Waals surface area contributed by atoms with Gasteiger partial charge in [0.1, 0.15) is 0 Å². The van der Waals surface area contributed by atoms with Crippen molar-refractivity contribution in [1.29, 1.82) is 0 Å². The summed E-state index contributed by atoms with van der Waals surface area (Å²) in [6, 6.07) is 9.34. The minimum atomic E-state index is 0. The first-order valence-corrected chi connectivity index (χ1v) is 12.1. The normalized spacial score (nSPS) is 33.0. The van der Waals surface area contributed by atoms with Gasteiger partial charge in [0.2, 0.25) is 0 Å². The monoisotopic (exact) mass is 411 g/mol. The van der Waals surface area contributed by atoms with Crippen LogP contribution in [0.4, 0.5) is 0 Å². The van der Waals surface area contributed by atoms with Crippen LogP contribution < -0.4 is 5.32 Å². The molecule has 2 heteroatoms. The van der Waals surface area contributed by atoms with E-state index in [9.17, 15) is 0 Å². The number of hydrogen-bond donors (Lipinski definition) is 1. The molecule has 0 aliphatic heterocycles. The van der Waals surface area contributed by atoms with Gasteiger partial charge in [0.05, 0.1) is 6.54 Å². The van der Waals surface area contributed by atoms with Gasteiger partial charge in [-0.2, -0.15) is 0 Å². The lowest BCUT2D eigenvalue weighted by Crippen LogP contribution is -2.43. The molecule has 0 heterocycles. The smallest absolute Gasteiger partial charge is 0.0580 e. The second kappa shape index (κ2) is 9.89. The van der Waals surface area contributed by atoms with Crippen molar-refractivity contribution < 1.29 is 0 Å². The van der Waals surface area contributed by atoms with Gasteiger partial charge in [-0.15, -0.1) is 12.4 Å². The lowest BCUT2D eigenvalue weighted by molar-refractivity contribution is -0.00277. The molecule has 29 heavy (non-hydrogen) atoms. The molecule has 158 valence electrons. The summed E-state index contributed by atoms with van der Waals surface area (Å²) in [5, 5.41) is 3.53. The Balaban J connectivity index is 0.00000205. The second-order valence-electron chi connectivity index (χ2n) is 10.3. The molecule has 6 rings (SSSR count). The molecule has 0 atom stereocenters. The van der Waals surface area contributed by atoms with Gasteiger partial charge in [0, 0.05) is 5.56 Å². The highest BCUT2D eigenvalue weighted by Gasteiger charge is 2.48. The molecular weight excluding hydrogens is 374 g/mol. The first-order valence-electron chi connectivity index (χ1n) is 12.1. The number of nitrogens with one attached hydrogen (secondary N) is 1. The Bertz CT molecular complexity index is 678. The van der Waals surface area contributed by atoms with Gasteiger partial charge >= 0.3 is 0 Å². The van der Waals surface area contributed by atoms with Crippen LogP contribution in [0.1, 0.15) is 87.7 Å². The Hall–Kier alpha value is -0.970. The Morgan fingerprint density at radius 3 is 2.14 bits per heavy atom. The summed E-state index contributed by atoms with van der Waals surface area (Å²) in [5.74, 6) is 12.6. The first kappa shape index (κ1) is 21.3. The van der Waals surface area contributed by atoms with Crippen LogP contribution in [0.5, 0.6) is 0 Å². The van der Waals surface area contributed by atoms with Crippen molar-refractivity contribution in [3.63, 3.8) is 0 Å². The molecule has 0 radical (unpaired) electrons. The van der Waals surface area contributed by atoms with Crippen molar-refractivity contribution in [2.75, 3.05) is 13.1 Å². The summed E-state index contributed by atoms with van der Waals surface area (Å²) in [6.07, 6.45) is 16.2. The molecule has 1 N–H and O–H groups in total. The van der Waals surface area contributed by atoms with Crippen molar-refractivity contribution in [2.45, 2.75) is 76.5 Å². The van der Waals surface area contributed by atoms with Crippen molar-refractivity contribution in [3.05, 3.63) is 35.4 Å². The summed E-state index contributed by atoms with van der Waals surface area (Å²) >= 11 is 0. The van der Waals surface area contributed by atoms with E-state index < -0.39 is 0 Å². The van der Waals surface area contributed by atoms with Crippen LogP contribution in [0.25, 0.3) is 0 Å². The lowest BCUT2D eigenvalue weighted by Gasteiger charge is -2.54. The summed E-state index contributed by atoms with van der Waals surface area (Å²) < 4.78 is 0. The van der Waals surface area contributed by atoms with Crippen LogP contribution in [-0.2, 0) is 0 Å². The molecule has 0 aromatic heterocycles. The summed E-state index contributed by atoms with van der Waals surface area (Å²) in [4.78, 5) is 0. The van der Waals surface area contributed by atoms with Gasteiger partial charge < -0.3 is 5.32 Å². The lowest BCUT2D eigenvalue weighted by atomic mass is 9.51. The molecule has 0 amide bonds. The van der Waals surface area contributed by atoms with Crippen LogP contribution in [0.3, 0.4) is 0 Å². The van der Waals surface area contributed by atoms with Crippen molar-refractivity contribution in [3.8, 4) is 11.8 Å². The van der Waals surface area contributed by atoms with E-state index in [1.54, 1.807) is 12.0 Å². The van der Waals surface area contributed by atoms with Gasteiger partial charge in [0.15, 0.2) is 0 Å². The van der Waals surface area contributed by atoms with Crippen LogP contribution in [0, 0.1) is 41.4 Å². The predicted octanol–water partition coefficient (Wildman–Crippen LogP) is 6.56. The van der Waals surface area contributed by atoms with Gasteiger partial charge in [-0.25, -0.2) is 0 Å². The molecular formula is C27H38ClN. The second-order valence-corrected chi connectivity index (χ2v) is 10.3. The van der Waals surface area contributed by atoms with Crippen LogP contribution in [-0.4, -0.2) is 13.1 Å². The first-order chi connectivity index (χ1) is 13.8. The highest BCUT2D eigenvalue weighted by molar-refractivity contribution is 5.85. The van der Waals surface area contributed by atoms with E-state index in [1.165, 1.54) is 69.8 Å². The van der Waals surface area contributed by atoms with Crippen molar-refractivity contribution >= 4 is 12.4 Å². The Morgan fingerprint density at radius 2 is 1.48 bits per heavy atom. The molecule has 1 aromatic carbocycles. The molecule has 0 saturated heterocycles. The third-order valence-electron chi connectivity index (χ3n) is 8.42. The SMILES string of the molecule is C(#Cc1ccc(C2C3CC4CC(C3)CC2C4)cc1)CNCCC1CCCCC1.Cl. The zero-order valence-corrected chi connectivity index (χ0v) is 18.7. The van der Waals surface area contributed by atoms with Gasteiger partial charge in [0.25, 0.3) is 0 Å². The standard InChI is InChI=1S/C27H37N.ClH/c1-2-5-20(6-3-1)12-14-28-13-4-7-21-8-10-24(11-9-21)27-25-16-22-15-23(18-25)19-26(27)17-22;/h8-11,20,22-23,25-28H,1-3,5-6,12-19H2;1H. The maximum absolute atomic E-state index is 3.53. The number of hydrogen-bond acceptors (Lipinski definition) is 1. The summed E-state index contributed by atoms with van der Waals surface area (Å²) in [6.45, 7) is 1.95. The molecule has 5 aliphatic rings. The maximum atomic E-state index is 3.53. The number of benzene rings is 1. The topological polar surface area (TPSA) is 12.0 Å². The molecule has 5 fully saturated rings. The fraction of sp³-hybridized carbons (Fsp3) is 0.704. The largest absolute Gasteiger partial charge is 0.306 e. The average Bonchev–Trinajstić information content (AvgIpc) is 2.71. The summed E-state index contributed by atoms with van der Waals surface area (Å²) in [7, 11) is 0. The Morgan fingerprint density at radius 1 is 0.828 bits per heavy atom. The molecule has 0 spiro atoms. The Labute approximate surface area is 184 Å². The van der Waals surface area contributed by atoms with E-state index >= 15 is 0 Å². The van der Waals surface area contributed by atoms with Crippen LogP contribution in [0.2, 0.25) is 0 Å². The van der Waals surface area contributed by atoms with Gasteiger partial charge in [-0.1, -0.05) is 56.1 Å². The third-order valence-corrected chi connectivity index (χ3v) is 8.42. The molecule has 5 aliphatic carbocycles. The van der Waals surface area contributed by atoms with Crippen molar-refractivity contribution in [1.82, 2.24) is 5.32 Å². The Kier molecular flexibility index (Phi) is 7.25. The molecule has 4 bridgehead atoms. The van der Waals surface area contributed by atoms with Gasteiger partial charge in [-0.3, -0.25) is 0 Å². The van der Waals surface area contributed by atoms with Gasteiger partial charge in [-0.05, 0) is 98.3 Å². The molecule has 5 saturated carbocycles. The van der Waals surface area contributed by atoms with E-state index in [-0.39, 0.29) is 12.4 Å². The third kappa shape index (κ3) is 5.03. The molecule has 1 nitrogen and oxygen atoms in total. The average molecular weight is 412 g/mol. The predicted molar refractivity (Wildman–Crippen MR) is 124 cm³/mol. The van der Waals surface area contributed by atoms with Crippen LogP contribution >= 0.6 is 12.4 Å². The zero-order valence-electron chi connectivity index (χ0n) is 17.9. The van der Waals surface area contributed by atoms with E-state index in [1.807, 2.05) is 0 Å². The van der Waals surface area contributed by atoms with Crippen molar-refractivity contribution in [2.24, 2.45) is 29.6 Å². The van der Waals surface area contributed by atoms with E-state index in [0.29, 0.717) is 0 Å². The number of rotatable bonds is 5. The summed E-state index contributed by atoms with van der Waals surface area (Å²) in [5.41, 5.74) is 2.78. The molecule has 1 aromatic rings. The van der Waals surface area contributed by atoms with Crippen LogP contribution in [0.15, 0.2) is 24.3 Å². The highest BCUT2D eigenvalue weighted by atomic mass is 35.5. The minimum Gasteiger partial charge on any atom is -0.306 e. The maximum Gasteiger partial charge on any atom is 0.0580 e. The number of halogens is 1. The zero-order chi connectivity index (χ0) is 18.8. The fourth-order valence-corrected chi connectivity index (χ4v) is 7.34.